The number of nitrogens with zero attached hydrogens (tertiary/aromatic N) is 1. The van der Waals surface area contributed by atoms with Crippen LogP contribution >= 0.6 is 31.9 Å². The average Bonchev–Trinajstić information content (AvgIpc) is 2.80. The van der Waals surface area contributed by atoms with Crippen LogP contribution in [-0.2, 0) is 0 Å². The van der Waals surface area contributed by atoms with Crippen LogP contribution in [0.1, 0.15) is 5.56 Å². The zero-order chi connectivity index (χ0) is 15.0. The minimum Gasteiger partial charge on any atom is -0.367 e. The SMILES string of the molecule is Cc1cc(Br)ccc1-c1noc(N)c1-c1cccc(Br)c1. The highest BCUT2D eigenvalue weighted by molar-refractivity contribution is 9.10. The van der Waals surface area contributed by atoms with E-state index in [0.717, 1.165) is 36.9 Å². The standard InChI is InChI=1S/C16H12Br2N2O/c1-9-7-12(18)5-6-13(9)15-14(16(19)21-20-15)10-3-2-4-11(17)8-10/h2-8H,19H2,1H3. The first-order chi connectivity index (χ1) is 10.1. The van der Waals surface area contributed by atoms with Crippen molar-refractivity contribution in [3.8, 4) is 22.4 Å². The molecule has 0 bridgehead atoms. The summed E-state index contributed by atoms with van der Waals surface area (Å²) in [6.45, 7) is 2.04. The van der Waals surface area contributed by atoms with E-state index in [-0.39, 0.29) is 0 Å². The highest BCUT2D eigenvalue weighted by atomic mass is 79.9. The number of hydrogen-bond acceptors (Lipinski definition) is 3. The summed E-state index contributed by atoms with van der Waals surface area (Å²) in [6, 6.07) is 14.0. The maximum atomic E-state index is 5.99. The van der Waals surface area contributed by atoms with Crippen molar-refractivity contribution in [2.45, 2.75) is 6.92 Å². The zero-order valence-electron chi connectivity index (χ0n) is 11.2. The molecule has 3 nitrogen and oxygen atoms in total. The fourth-order valence-corrected chi connectivity index (χ4v) is 3.18. The Morgan fingerprint density at radius 2 is 1.81 bits per heavy atom. The van der Waals surface area contributed by atoms with Gasteiger partial charge in [-0.3, -0.25) is 0 Å². The zero-order valence-corrected chi connectivity index (χ0v) is 14.4. The topological polar surface area (TPSA) is 52.0 Å². The molecule has 0 aliphatic rings. The number of nitrogen functional groups attached to an aromatic ring is 1. The van der Waals surface area contributed by atoms with Crippen molar-refractivity contribution in [1.29, 1.82) is 0 Å². The molecular weight excluding hydrogens is 396 g/mol. The first-order valence-electron chi connectivity index (χ1n) is 6.34. The lowest BCUT2D eigenvalue weighted by atomic mass is 9.98. The molecule has 0 radical (unpaired) electrons. The fraction of sp³-hybridized carbons (Fsp3) is 0.0625. The van der Waals surface area contributed by atoms with E-state index in [4.69, 9.17) is 10.3 Å². The van der Waals surface area contributed by atoms with Gasteiger partial charge in [-0.2, -0.15) is 0 Å². The van der Waals surface area contributed by atoms with Crippen LogP contribution in [-0.4, -0.2) is 5.16 Å². The van der Waals surface area contributed by atoms with Crippen molar-refractivity contribution < 1.29 is 4.52 Å². The number of anilines is 1. The number of benzene rings is 2. The Hall–Kier alpha value is -1.59. The van der Waals surface area contributed by atoms with Crippen LogP contribution in [0.5, 0.6) is 0 Å². The Morgan fingerprint density at radius 3 is 2.52 bits per heavy atom. The summed E-state index contributed by atoms with van der Waals surface area (Å²) in [5, 5.41) is 4.15. The smallest absolute Gasteiger partial charge is 0.230 e. The summed E-state index contributed by atoms with van der Waals surface area (Å²) in [4.78, 5) is 0. The van der Waals surface area contributed by atoms with E-state index in [1.807, 2.05) is 49.4 Å². The van der Waals surface area contributed by atoms with Gasteiger partial charge in [0.1, 0.15) is 5.69 Å². The number of hydrogen-bond donors (Lipinski definition) is 1. The highest BCUT2D eigenvalue weighted by Crippen LogP contribution is 2.38. The van der Waals surface area contributed by atoms with Crippen LogP contribution in [0.4, 0.5) is 5.88 Å². The Morgan fingerprint density at radius 1 is 1.05 bits per heavy atom. The minimum absolute atomic E-state index is 0.324. The largest absolute Gasteiger partial charge is 0.367 e. The fourth-order valence-electron chi connectivity index (χ4n) is 2.30. The van der Waals surface area contributed by atoms with E-state index in [1.165, 1.54) is 0 Å². The maximum Gasteiger partial charge on any atom is 0.230 e. The van der Waals surface area contributed by atoms with Crippen molar-refractivity contribution in [3.63, 3.8) is 0 Å². The van der Waals surface area contributed by atoms with Crippen molar-refractivity contribution in [2.24, 2.45) is 0 Å². The first kappa shape index (κ1) is 14.4. The lowest BCUT2D eigenvalue weighted by molar-refractivity contribution is 0.439. The lowest BCUT2D eigenvalue weighted by Gasteiger charge is -2.06. The van der Waals surface area contributed by atoms with Crippen molar-refractivity contribution in [2.75, 3.05) is 5.73 Å². The van der Waals surface area contributed by atoms with Crippen LogP contribution in [0.3, 0.4) is 0 Å². The third-order valence-electron chi connectivity index (χ3n) is 3.28. The monoisotopic (exact) mass is 406 g/mol. The van der Waals surface area contributed by atoms with Gasteiger partial charge in [0.2, 0.25) is 5.88 Å². The molecule has 3 rings (SSSR count). The summed E-state index contributed by atoms with van der Waals surface area (Å²) in [5.74, 6) is 0.324. The van der Waals surface area contributed by atoms with Crippen LogP contribution in [0.25, 0.3) is 22.4 Å². The van der Waals surface area contributed by atoms with Gasteiger partial charge in [0.05, 0.1) is 5.56 Å². The number of aromatic nitrogens is 1. The second kappa shape index (κ2) is 5.66. The predicted molar refractivity (Wildman–Crippen MR) is 91.9 cm³/mol. The quantitative estimate of drug-likeness (QED) is 0.616. The molecule has 106 valence electrons. The third kappa shape index (κ3) is 2.76. The van der Waals surface area contributed by atoms with Gasteiger partial charge in [0.25, 0.3) is 0 Å². The normalized spacial score (nSPS) is 10.8. The molecular formula is C16H12Br2N2O. The van der Waals surface area contributed by atoms with Gasteiger partial charge in [-0.1, -0.05) is 55.2 Å². The van der Waals surface area contributed by atoms with Crippen LogP contribution in [0, 0.1) is 6.92 Å². The van der Waals surface area contributed by atoms with Gasteiger partial charge in [0, 0.05) is 14.5 Å². The van der Waals surface area contributed by atoms with E-state index in [9.17, 15) is 0 Å². The lowest BCUT2D eigenvalue weighted by Crippen LogP contribution is -1.89. The molecule has 0 saturated carbocycles. The number of halogens is 2. The molecule has 0 spiro atoms. The molecule has 0 amide bonds. The Labute approximate surface area is 139 Å². The van der Waals surface area contributed by atoms with Gasteiger partial charge in [-0.05, 0) is 42.3 Å². The Kier molecular flexibility index (Phi) is 3.87. The van der Waals surface area contributed by atoms with Gasteiger partial charge < -0.3 is 10.3 Å². The molecule has 0 aliphatic heterocycles. The van der Waals surface area contributed by atoms with Crippen molar-refractivity contribution in [1.82, 2.24) is 5.16 Å². The van der Waals surface area contributed by atoms with Crippen molar-refractivity contribution >= 4 is 37.7 Å². The first-order valence-corrected chi connectivity index (χ1v) is 7.92. The number of rotatable bonds is 2. The Bertz CT molecular complexity index is 812. The Balaban J connectivity index is 2.22. The third-order valence-corrected chi connectivity index (χ3v) is 4.26. The van der Waals surface area contributed by atoms with E-state index in [1.54, 1.807) is 0 Å². The van der Waals surface area contributed by atoms with Gasteiger partial charge in [-0.25, -0.2) is 0 Å². The summed E-state index contributed by atoms with van der Waals surface area (Å²) in [6.07, 6.45) is 0. The molecule has 2 N–H and O–H groups in total. The molecule has 2 aromatic carbocycles. The molecule has 1 aromatic heterocycles. The average molecular weight is 408 g/mol. The van der Waals surface area contributed by atoms with E-state index < -0.39 is 0 Å². The molecule has 0 unspecified atom stereocenters. The number of nitrogens with two attached hydrogens (primary N) is 1. The highest BCUT2D eigenvalue weighted by Gasteiger charge is 2.19. The van der Waals surface area contributed by atoms with Gasteiger partial charge in [0.15, 0.2) is 0 Å². The van der Waals surface area contributed by atoms with E-state index >= 15 is 0 Å². The molecule has 0 atom stereocenters. The molecule has 1 heterocycles. The molecule has 5 heteroatoms. The summed E-state index contributed by atoms with van der Waals surface area (Å²) < 4.78 is 7.25. The second-order valence-electron chi connectivity index (χ2n) is 4.74. The van der Waals surface area contributed by atoms with Gasteiger partial charge in [-0.15, -0.1) is 0 Å². The summed E-state index contributed by atoms with van der Waals surface area (Å²) in [5.41, 5.74) is 10.7. The summed E-state index contributed by atoms with van der Waals surface area (Å²) in [7, 11) is 0. The van der Waals surface area contributed by atoms with Crippen LogP contribution in [0.15, 0.2) is 55.9 Å². The maximum absolute atomic E-state index is 5.99. The van der Waals surface area contributed by atoms with E-state index in [2.05, 4.69) is 37.0 Å². The molecule has 0 fully saturated rings. The number of aryl methyl sites for hydroxylation is 1. The van der Waals surface area contributed by atoms with Crippen LogP contribution in [0.2, 0.25) is 0 Å². The molecule has 0 aliphatic carbocycles. The molecule has 3 aromatic rings. The van der Waals surface area contributed by atoms with Crippen molar-refractivity contribution in [3.05, 3.63) is 57.0 Å². The molecule has 21 heavy (non-hydrogen) atoms. The molecule has 0 saturated heterocycles. The second-order valence-corrected chi connectivity index (χ2v) is 6.57. The van der Waals surface area contributed by atoms with Crippen LogP contribution < -0.4 is 5.73 Å². The van der Waals surface area contributed by atoms with E-state index in [0.29, 0.717) is 5.88 Å². The minimum atomic E-state index is 0.324. The summed E-state index contributed by atoms with van der Waals surface area (Å²) >= 11 is 6.95. The predicted octanol–water partition coefficient (Wildman–Crippen LogP) is 5.42. The van der Waals surface area contributed by atoms with Gasteiger partial charge >= 0.3 is 0 Å².